The van der Waals surface area contributed by atoms with Crippen LogP contribution >= 0.6 is 0 Å². The summed E-state index contributed by atoms with van der Waals surface area (Å²) >= 11 is 0. The van der Waals surface area contributed by atoms with Crippen molar-refractivity contribution in [3.05, 3.63) is 65.5 Å². The first kappa shape index (κ1) is 17.0. The average Bonchev–Trinajstić information content (AvgIpc) is 3.35. The standard InChI is InChI=1S/C21H20FN5O/c22-17-6-4-13(5-7-17)16-11-18-8-9-19(12-16)27(18)21(28)15-3-1-2-14(10-15)20-23-25-26-24-20/h1-7,10,16,18-19H,8-9,11-12H2,(H,23,24,25,26)/t16?,18-,19+. The van der Waals surface area contributed by atoms with Crippen LogP contribution in [0.25, 0.3) is 11.4 Å². The fraction of sp³-hybridized carbons (Fsp3) is 0.333. The van der Waals surface area contributed by atoms with Crippen molar-refractivity contribution in [2.24, 2.45) is 0 Å². The van der Waals surface area contributed by atoms with Crippen LogP contribution in [0.5, 0.6) is 0 Å². The van der Waals surface area contributed by atoms with Crippen molar-refractivity contribution >= 4 is 5.91 Å². The van der Waals surface area contributed by atoms with Gasteiger partial charge in [0.05, 0.1) is 0 Å². The van der Waals surface area contributed by atoms with Crippen LogP contribution in [0, 0.1) is 5.82 Å². The molecule has 2 aliphatic heterocycles. The van der Waals surface area contributed by atoms with Gasteiger partial charge in [-0.15, -0.1) is 10.2 Å². The van der Waals surface area contributed by atoms with Gasteiger partial charge in [-0.2, -0.15) is 5.21 Å². The number of nitrogens with one attached hydrogen (secondary N) is 1. The highest BCUT2D eigenvalue weighted by atomic mass is 19.1. The zero-order chi connectivity index (χ0) is 19.1. The molecule has 7 heteroatoms. The molecule has 1 amide bonds. The van der Waals surface area contributed by atoms with Gasteiger partial charge in [-0.05, 0) is 66.6 Å². The van der Waals surface area contributed by atoms with E-state index >= 15 is 0 Å². The lowest BCUT2D eigenvalue weighted by Crippen LogP contribution is -2.46. The third-order valence-corrected chi connectivity index (χ3v) is 6.02. The number of hydrogen-bond donors (Lipinski definition) is 1. The van der Waals surface area contributed by atoms with Crippen molar-refractivity contribution in [1.82, 2.24) is 25.5 Å². The second-order valence-corrected chi connectivity index (χ2v) is 7.63. The van der Waals surface area contributed by atoms with Crippen molar-refractivity contribution in [3.8, 4) is 11.4 Å². The van der Waals surface area contributed by atoms with Crippen molar-refractivity contribution < 1.29 is 9.18 Å². The zero-order valence-electron chi connectivity index (χ0n) is 15.3. The van der Waals surface area contributed by atoms with Gasteiger partial charge in [0.25, 0.3) is 5.91 Å². The van der Waals surface area contributed by atoms with Gasteiger partial charge in [-0.25, -0.2) is 4.39 Å². The van der Waals surface area contributed by atoms with Crippen LogP contribution in [0.15, 0.2) is 48.5 Å². The van der Waals surface area contributed by atoms with Crippen LogP contribution in [0.3, 0.4) is 0 Å². The van der Waals surface area contributed by atoms with E-state index in [4.69, 9.17) is 0 Å². The maximum Gasteiger partial charge on any atom is 0.254 e. The van der Waals surface area contributed by atoms with E-state index in [1.54, 1.807) is 0 Å². The predicted molar refractivity (Wildman–Crippen MR) is 101 cm³/mol. The molecule has 1 aromatic heterocycles. The summed E-state index contributed by atoms with van der Waals surface area (Å²) in [6.07, 6.45) is 3.91. The lowest BCUT2D eigenvalue weighted by Gasteiger charge is -2.39. The minimum Gasteiger partial charge on any atom is -0.333 e. The number of rotatable bonds is 3. The fourth-order valence-corrected chi connectivity index (χ4v) is 4.74. The molecule has 2 aromatic carbocycles. The first-order chi connectivity index (χ1) is 13.7. The number of carbonyl (C=O) groups excluding carboxylic acids is 1. The topological polar surface area (TPSA) is 74.8 Å². The van der Waals surface area contributed by atoms with E-state index in [1.165, 1.54) is 17.7 Å². The summed E-state index contributed by atoms with van der Waals surface area (Å²) in [5, 5.41) is 14.0. The average molecular weight is 377 g/mol. The lowest BCUT2D eigenvalue weighted by molar-refractivity contribution is 0.0571. The van der Waals surface area contributed by atoms with Gasteiger partial charge >= 0.3 is 0 Å². The first-order valence-corrected chi connectivity index (χ1v) is 9.61. The monoisotopic (exact) mass is 377 g/mol. The third-order valence-electron chi connectivity index (χ3n) is 6.02. The minimum atomic E-state index is -0.208. The number of piperidine rings is 1. The van der Waals surface area contributed by atoms with E-state index in [9.17, 15) is 9.18 Å². The molecule has 6 nitrogen and oxygen atoms in total. The highest BCUT2D eigenvalue weighted by Gasteiger charge is 2.43. The number of hydrogen-bond acceptors (Lipinski definition) is 4. The number of aromatic amines is 1. The Labute approximate surface area is 161 Å². The molecule has 0 spiro atoms. The van der Waals surface area contributed by atoms with Crippen LogP contribution in [0.2, 0.25) is 0 Å². The van der Waals surface area contributed by atoms with Crippen LogP contribution in [-0.2, 0) is 0 Å². The summed E-state index contributed by atoms with van der Waals surface area (Å²) in [4.78, 5) is 15.3. The number of halogens is 1. The number of tetrazole rings is 1. The van der Waals surface area contributed by atoms with Crippen molar-refractivity contribution in [2.45, 2.75) is 43.7 Å². The largest absolute Gasteiger partial charge is 0.333 e. The first-order valence-electron chi connectivity index (χ1n) is 9.61. The third kappa shape index (κ3) is 2.96. The molecule has 2 aliphatic rings. The summed E-state index contributed by atoms with van der Waals surface area (Å²) in [5.74, 6) is 0.719. The Morgan fingerprint density at radius 3 is 2.50 bits per heavy atom. The molecule has 2 saturated heterocycles. The number of benzene rings is 2. The molecule has 3 aromatic rings. The Bertz CT molecular complexity index is 974. The summed E-state index contributed by atoms with van der Waals surface area (Å²) in [5.41, 5.74) is 2.59. The Morgan fingerprint density at radius 1 is 1.07 bits per heavy atom. The summed E-state index contributed by atoms with van der Waals surface area (Å²) in [6.45, 7) is 0. The van der Waals surface area contributed by atoms with Gasteiger partial charge in [0.15, 0.2) is 0 Å². The number of nitrogens with zero attached hydrogens (tertiary/aromatic N) is 4. The van der Waals surface area contributed by atoms with Gasteiger partial charge in [0.1, 0.15) is 5.82 Å². The quantitative estimate of drug-likeness (QED) is 0.757. The molecule has 3 atom stereocenters. The molecule has 142 valence electrons. The van der Waals surface area contributed by atoms with Gasteiger partial charge in [-0.1, -0.05) is 24.3 Å². The smallest absolute Gasteiger partial charge is 0.254 e. The van der Waals surface area contributed by atoms with Crippen LogP contribution in [0.4, 0.5) is 4.39 Å². The number of carbonyl (C=O) groups is 1. The molecule has 0 aliphatic carbocycles. The highest BCUT2D eigenvalue weighted by molar-refractivity contribution is 5.96. The van der Waals surface area contributed by atoms with Crippen LogP contribution in [-0.4, -0.2) is 43.5 Å². The molecule has 3 heterocycles. The molecular formula is C21H20FN5O. The van der Waals surface area contributed by atoms with Crippen LogP contribution in [0.1, 0.15) is 47.5 Å². The van der Waals surface area contributed by atoms with E-state index < -0.39 is 0 Å². The summed E-state index contributed by atoms with van der Waals surface area (Å²) in [7, 11) is 0. The Hall–Kier alpha value is -3.09. The maximum atomic E-state index is 13.3. The van der Waals surface area contributed by atoms with E-state index in [-0.39, 0.29) is 23.8 Å². The predicted octanol–water partition coefficient (Wildman–Crippen LogP) is 3.56. The van der Waals surface area contributed by atoms with Gasteiger partial charge in [0.2, 0.25) is 5.82 Å². The fourth-order valence-electron chi connectivity index (χ4n) is 4.74. The maximum absolute atomic E-state index is 13.3. The molecule has 0 radical (unpaired) electrons. The molecular weight excluding hydrogens is 357 g/mol. The molecule has 2 bridgehead atoms. The second-order valence-electron chi connectivity index (χ2n) is 7.63. The molecule has 2 fully saturated rings. The normalized spacial score (nSPS) is 23.8. The molecule has 28 heavy (non-hydrogen) atoms. The summed E-state index contributed by atoms with van der Waals surface area (Å²) < 4.78 is 13.2. The second kappa shape index (κ2) is 6.82. The zero-order valence-corrected chi connectivity index (χ0v) is 15.3. The minimum absolute atomic E-state index is 0.0652. The Kier molecular flexibility index (Phi) is 4.15. The van der Waals surface area contributed by atoms with Gasteiger partial charge in [-0.3, -0.25) is 4.79 Å². The Balaban J connectivity index is 1.37. The number of aromatic nitrogens is 4. The van der Waals surface area contributed by atoms with Crippen molar-refractivity contribution in [2.75, 3.05) is 0 Å². The molecule has 0 saturated carbocycles. The van der Waals surface area contributed by atoms with E-state index in [0.29, 0.717) is 17.3 Å². The van der Waals surface area contributed by atoms with E-state index in [1.807, 2.05) is 36.4 Å². The number of amides is 1. The van der Waals surface area contributed by atoms with Crippen LogP contribution < -0.4 is 0 Å². The number of H-pyrrole nitrogens is 1. The van der Waals surface area contributed by atoms with Gasteiger partial charge < -0.3 is 4.90 Å². The molecule has 1 N–H and O–H groups in total. The van der Waals surface area contributed by atoms with Crippen molar-refractivity contribution in [3.63, 3.8) is 0 Å². The molecule has 5 rings (SSSR count). The number of fused-ring (bicyclic) bond motifs is 2. The van der Waals surface area contributed by atoms with E-state index in [2.05, 4.69) is 25.5 Å². The van der Waals surface area contributed by atoms with Gasteiger partial charge in [0, 0.05) is 23.2 Å². The Morgan fingerprint density at radius 2 is 1.82 bits per heavy atom. The lowest BCUT2D eigenvalue weighted by atomic mass is 9.84. The summed E-state index contributed by atoms with van der Waals surface area (Å²) in [6, 6.07) is 14.7. The molecule has 1 unspecified atom stereocenters. The van der Waals surface area contributed by atoms with Crippen molar-refractivity contribution in [1.29, 1.82) is 0 Å². The highest BCUT2D eigenvalue weighted by Crippen LogP contribution is 2.43. The van der Waals surface area contributed by atoms with E-state index in [0.717, 1.165) is 31.2 Å². The SMILES string of the molecule is O=C(c1cccc(-c2nn[nH]n2)c1)N1[C@@H]2CC[C@H]1CC(c1ccc(F)cc1)C2.